The van der Waals surface area contributed by atoms with Crippen LogP contribution in [0, 0.1) is 0 Å². The molecule has 4 aromatic rings. The van der Waals surface area contributed by atoms with Gasteiger partial charge in [0.15, 0.2) is 0 Å². The summed E-state index contributed by atoms with van der Waals surface area (Å²) >= 11 is 0. The van der Waals surface area contributed by atoms with E-state index in [-0.39, 0.29) is 0 Å². The lowest BCUT2D eigenvalue weighted by atomic mass is 10.0. The van der Waals surface area contributed by atoms with Gasteiger partial charge in [-0.1, -0.05) is 68.4 Å². The quantitative estimate of drug-likeness (QED) is 0.435. The molecule has 0 bridgehead atoms. The van der Waals surface area contributed by atoms with Gasteiger partial charge in [-0.2, -0.15) is 5.10 Å². The number of aromatic nitrogens is 2. The molecular weight excluding hydrogens is 354 g/mol. The third kappa shape index (κ3) is 3.21. The van der Waals surface area contributed by atoms with E-state index in [1.807, 2.05) is 0 Å². The van der Waals surface area contributed by atoms with Crippen molar-refractivity contribution >= 4 is 16.6 Å². The highest BCUT2D eigenvalue weighted by Gasteiger charge is 2.23. The molecule has 0 saturated heterocycles. The Morgan fingerprint density at radius 2 is 1.69 bits per heavy atom. The Kier molecular flexibility index (Phi) is 4.59. The van der Waals surface area contributed by atoms with Crippen LogP contribution in [0.5, 0.6) is 0 Å². The van der Waals surface area contributed by atoms with Crippen LogP contribution in [-0.4, -0.2) is 16.3 Å². The predicted molar refractivity (Wildman–Crippen MR) is 122 cm³/mol. The highest BCUT2D eigenvalue weighted by molar-refractivity contribution is 5.87. The molecule has 0 radical (unpaired) electrons. The number of para-hydroxylation sites is 1. The third-order valence-electron chi connectivity index (χ3n) is 5.94. The predicted octanol–water partition coefficient (Wildman–Crippen LogP) is 6.56. The molecule has 0 unspecified atom stereocenters. The van der Waals surface area contributed by atoms with Crippen LogP contribution in [0.15, 0.2) is 66.7 Å². The van der Waals surface area contributed by atoms with E-state index in [0.717, 1.165) is 18.7 Å². The van der Waals surface area contributed by atoms with E-state index in [4.69, 9.17) is 5.10 Å². The van der Waals surface area contributed by atoms with Gasteiger partial charge in [0.1, 0.15) is 5.82 Å². The standard InChI is InChI=1S/C26H27N3/c1-18(2)22-11-5-6-13-24(22)29-26-23(12-7-8-16-27-26)25(28-29)21-15-14-19-9-3-4-10-20(19)17-21/h3-6,9-11,13-15,17-18,27H,7-8,12,16H2,1-2H3. The maximum atomic E-state index is 5.18. The first-order valence-electron chi connectivity index (χ1n) is 10.7. The first kappa shape index (κ1) is 18.0. The second-order valence-corrected chi connectivity index (χ2v) is 8.25. The van der Waals surface area contributed by atoms with Gasteiger partial charge in [-0.05, 0) is 53.6 Å². The van der Waals surface area contributed by atoms with Crippen molar-refractivity contribution in [2.24, 2.45) is 0 Å². The first-order valence-corrected chi connectivity index (χ1v) is 10.7. The Balaban J connectivity index is 1.73. The van der Waals surface area contributed by atoms with Crippen LogP contribution in [0.4, 0.5) is 5.82 Å². The molecule has 0 aliphatic carbocycles. The van der Waals surface area contributed by atoms with Gasteiger partial charge in [0.25, 0.3) is 0 Å². The van der Waals surface area contributed by atoms with Crippen molar-refractivity contribution in [1.29, 1.82) is 0 Å². The number of hydrogen-bond acceptors (Lipinski definition) is 2. The van der Waals surface area contributed by atoms with Gasteiger partial charge in [0.2, 0.25) is 0 Å². The molecule has 146 valence electrons. The highest BCUT2D eigenvalue weighted by atomic mass is 15.3. The smallest absolute Gasteiger partial charge is 0.133 e. The van der Waals surface area contributed by atoms with Crippen molar-refractivity contribution in [3.63, 3.8) is 0 Å². The molecule has 1 aromatic heterocycles. The van der Waals surface area contributed by atoms with Crippen molar-refractivity contribution in [1.82, 2.24) is 9.78 Å². The van der Waals surface area contributed by atoms with E-state index in [1.54, 1.807) is 0 Å². The zero-order valence-corrected chi connectivity index (χ0v) is 17.2. The lowest BCUT2D eigenvalue weighted by Gasteiger charge is -2.15. The molecule has 0 amide bonds. The van der Waals surface area contributed by atoms with Crippen molar-refractivity contribution in [3.8, 4) is 16.9 Å². The SMILES string of the molecule is CC(C)c1ccccc1-n1nc(-c2ccc3ccccc3c2)c2c1NCCCC2. The Labute approximate surface area is 172 Å². The zero-order valence-electron chi connectivity index (χ0n) is 17.2. The van der Waals surface area contributed by atoms with E-state index in [1.165, 1.54) is 51.8 Å². The summed E-state index contributed by atoms with van der Waals surface area (Å²) in [5, 5.41) is 11.4. The molecular formula is C26H27N3. The average Bonchev–Trinajstić information content (AvgIpc) is 2.94. The fourth-order valence-corrected chi connectivity index (χ4v) is 4.41. The van der Waals surface area contributed by atoms with Crippen molar-refractivity contribution < 1.29 is 0 Å². The summed E-state index contributed by atoms with van der Waals surface area (Å²) in [5.74, 6) is 1.61. The van der Waals surface area contributed by atoms with Crippen LogP contribution in [0.3, 0.4) is 0 Å². The topological polar surface area (TPSA) is 29.9 Å². The minimum absolute atomic E-state index is 0.445. The van der Waals surface area contributed by atoms with Crippen molar-refractivity contribution in [3.05, 3.63) is 77.9 Å². The number of hydrogen-bond donors (Lipinski definition) is 1. The molecule has 1 N–H and O–H groups in total. The Morgan fingerprint density at radius 3 is 2.55 bits per heavy atom. The molecule has 2 heterocycles. The summed E-state index contributed by atoms with van der Waals surface area (Å²) in [6.07, 6.45) is 3.45. The number of rotatable bonds is 3. The zero-order chi connectivity index (χ0) is 19.8. The Hall–Kier alpha value is -3.07. The van der Waals surface area contributed by atoms with E-state index in [2.05, 4.69) is 90.6 Å². The molecule has 0 fully saturated rings. The maximum Gasteiger partial charge on any atom is 0.133 e. The molecule has 1 aliphatic rings. The molecule has 3 heteroatoms. The van der Waals surface area contributed by atoms with Gasteiger partial charge < -0.3 is 5.32 Å². The number of fused-ring (bicyclic) bond motifs is 2. The van der Waals surface area contributed by atoms with E-state index in [0.29, 0.717) is 5.92 Å². The lowest BCUT2D eigenvalue weighted by Crippen LogP contribution is -2.09. The highest BCUT2D eigenvalue weighted by Crippen LogP contribution is 2.36. The summed E-state index contributed by atoms with van der Waals surface area (Å²) in [4.78, 5) is 0. The van der Waals surface area contributed by atoms with Crippen molar-refractivity contribution in [2.45, 2.75) is 39.0 Å². The summed E-state index contributed by atoms with van der Waals surface area (Å²) in [6.45, 7) is 5.50. The fourth-order valence-electron chi connectivity index (χ4n) is 4.41. The molecule has 1 aliphatic heterocycles. The molecule has 0 saturated carbocycles. The van der Waals surface area contributed by atoms with E-state index in [9.17, 15) is 0 Å². The van der Waals surface area contributed by atoms with Crippen LogP contribution in [0.25, 0.3) is 27.7 Å². The Bertz CT molecular complexity index is 1170. The van der Waals surface area contributed by atoms with Crippen LogP contribution in [0.1, 0.15) is 43.7 Å². The number of nitrogens with one attached hydrogen (secondary N) is 1. The minimum atomic E-state index is 0.445. The van der Waals surface area contributed by atoms with Gasteiger partial charge in [0.05, 0.1) is 11.4 Å². The van der Waals surface area contributed by atoms with E-state index < -0.39 is 0 Å². The maximum absolute atomic E-state index is 5.18. The van der Waals surface area contributed by atoms with Gasteiger partial charge in [-0.25, -0.2) is 4.68 Å². The fraction of sp³-hybridized carbons (Fsp3) is 0.269. The second kappa shape index (κ2) is 7.40. The molecule has 3 aromatic carbocycles. The van der Waals surface area contributed by atoms with Crippen LogP contribution in [0.2, 0.25) is 0 Å². The van der Waals surface area contributed by atoms with E-state index >= 15 is 0 Å². The van der Waals surface area contributed by atoms with Gasteiger partial charge in [-0.3, -0.25) is 0 Å². The van der Waals surface area contributed by atoms with Crippen LogP contribution < -0.4 is 5.32 Å². The molecule has 5 rings (SSSR count). The molecule has 3 nitrogen and oxygen atoms in total. The first-order chi connectivity index (χ1) is 14.2. The van der Waals surface area contributed by atoms with Crippen LogP contribution >= 0.6 is 0 Å². The molecule has 0 atom stereocenters. The minimum Gasteiger partial charge on any atom is -0.370 e. The normalized spacial score (nSPS) is 13.9. The van der Waals surface area contributed by atoms with Crippen LogP contribution in [-0.2, 0) is 6.42 Å². The van der Waals surface area contributed by atoms with Gasteiger partial charge >= 0.3 is 0 Å². The lowest BCUT2D eigenvalue weighted by molar-refractivity contribution is 0.776. The summed E-state index contributed by atoms with van der Waals surface area (Å²) in [5.41, 5.74) is 6.16. The largest absolute Gasteiger partial charge is 0.370 e. The average molecular weight is 382 g/mol. The Morgan fingerprint density at radius 1 is 0.897 bits per heavy atom. The molecule has 0 spiro atoms. The van der Waals surface area contributed by atoms with Gasteiger partial charge in [0, 0.05) is 17.7 Å². The number of anilines is 1. The summed E-state index contributed by atoms with van der Waals surface area (Å²) in [7, 11) is 0. The number of nitrogens with zero attached hydrogens (tertiary/aromatic N) is 2. The third-order valence-corrected chi connectivity index (χ3v) is 5.94. The summed E-state index contributed by atoms with van der Waals surface area (Å²) < 4.78 is 2.15. The summed E-state index contributed by atoms with van der Waals surface area (Å²) in [6, 6.07) is 23.9. The second-order valence-electron chi connectivity index (χ2n) is 8.25. The van der Waals surface area contributed by atoms with Crippen molar-refractivity contribution in [2.75, 3.05) is 11.9 Å². The number of benzene rings is 3. The van der Waals surface area contributed by atoms with Gasteiger partial charge in [-0.15, -0.1) is 0 Å². The monoisotopic (exact) mass is 381 g/mol. The molecule has 29 heavy (non-hydrogen) atoms.